The molecule has 4 nitrogen and oxygen atoms in total. The van der Waals surface area contributed by atoms with Gasteiger partial charge in [0, 0.05) is 18.9 Å². The van der Waals surface area contributed by atoms with E-state index in [0.29, 0.717) is 6.54 Å². The van der Waals surface area contributed by atoms with E-state index in [1.54, 1.807) is 16.7 Å². The van der Waals surface area contributed by atoms with E-state index in [1.165, 1.54) is 0 Å². The van der Waals surface area contributed by atoms with Crippen molar-refractivity contribution >= 4 is 11.3 Å². The van der Waals surface area contributed by atoms with E-state index < -0.39 is 11.3 Å². The molecule has 2 unspecified atom stereocenters. The summed E-state index contributed by atoms with van der Waals surface area (Å²) in [6.45, 7) is 0.683. The van der Waals surface area contributed by atoms with Crippen LogP contribution in [0.5, 0.6) is 0 Å². The van der Waals surface area contributed by atoms with Crippen LogP contribution < -0.4 is 0 Å². The zero-order chi connectivity index (χ0) is 9.97. The maximum Gasteiger partial charge on any atom is 0.235 e. The van der Waals surface area contributed by atoms with Gasteiger partial charge in [0.05, 0.1) is 6.04 Å². The van der Waals surface area contributed by atoms with Crippen LogP contribution >= 0.6 is 0 Å². The quantitative estimate of drug-likeness (QED) is 0.753. The molecule has 0 radical (unpaired) electrons. The van der Waals surface area contributed by atoms with E-state index in [1.807, 2.05) is 12.1 Å². The molecule has 1 N–H and O–H groups in total. The molecule has 1 fully saturated rings. The number of nitrogens with zero attached hydrogens (tertiary/aromatic N) is 2. The van der Waals surface area contributed by atoms with Gasteiger partial charge >= 0.3 is 0 Å². The average molecular weight is 212 g/mol. The summed E-state index contributed by atoms with van der Waals surface area (Å²) in [5.74, 6) is 0. The van der Waals surface area contributed by atoms with E-state index in [9.17, 15) is 4.21 Å². The monoisotopic (exact) mass is 212 g/mol. The van der Waals surface area contributed by atoms with E-state index >= 15 is 0 Å². The highest BCUT2D eigenvalue weighted by atomic mass is 32.2. The van der Waals surface area contributed by atoms with Gasteiger partial charge in [-0.1, -0.05) is 6.07 Å². The van der Waals surface area contributed by atoms with Crippen LogP contribution in [-0.2, 0) is 11.3 Å². The summed E-state index contributed by atoms with van der Waals surface area (Å²) in [5, 5.41) is 0. The molecule has 2 rings (SSSR count). The topological polar surface area (TPSA) is 53.4 Å². The Hall–Kier alpha value is -0.780. The Morgan fingerprint density at radius 3 is 3.14 bits per heavy atom. The minimum absolute atomic E-state index is 0.0505. The third kappa shape index (κ3) is 1.84. The van der Waals surface area contributed by atoms with Crippen molar-refractivity contribution in [3.05, 3.63) is 30.1 Å². The van der Waals surface area contributed by atoms with E-state index in [-0.39, 0.29) is 6.04 Å². The number of hydrogen-bond acceptors (Lipinski definition) is 2. The molecular formula is C9H12N2O2S. The zero-order valence-electron chi connectivity index (χ0n) is 7.67. The average Bonchev–Trinajstić information content (AvgIpc) is 2.67. The Balaban J connectivity index is 2.22. The highest BCUT2D eigenvalue weighted by molar-refractivity contribution is 7.76. The zero-order valence-corrected chi connectivity index (χ0v) is 8.48. The van der Waals surface area contributed by atoms with Crippen molar-refractivity contribution in [1.82, 2.24) is 9.29 Å². The van der Waals surface area contributed by atoms with Gasteiger partial charge in [-0.3, -0.25) is 9.54 Å². The van der Waals surface area contributed by atoms with Crippen LogP contribution in [0.4, 0.5) is 0 Å². The summed E-state index contributed by atoms with van der Waals surface area (Å²) in [7, 11) is 0. The van der Waals surface area contributed by atoms with Gasteiger partial charge in [0.2, 0.25) is 11.3 Å². The van der Waals surface area contributed by atoms with Gasteiger partial charge in [0.1, 0.15) is 0 Å². The molecule has 0 saturated carbocycles. The highest BCUT2D eigenvalue weighted by Gasteiger charge is 2.29. The van der Waals surface area contributed by atoms with E-state index in [0.717, 1.165) is 18.4 Å². The fourth-order valence-corrected chi connectivity index (χ4v) is 2.56. The number of pyridine rings is 1. The minimum atomic E-state index is -1.87. The fraction of sp³-hybridized carbons (Fsp3) is 0.444. The van der Waals surface area contributed by atoms with Crippen LogP contribution in [0.15, 0.2) is 24.5 Å². The third-order valence-corrected chi connectivity index (χ3v) is 3.31. The molecule has 2 atom stereocenters. The molecule has 76 valence electrons. The van der Waals surface area contributed by atoms with Gasteiger partial charge in [-0.2, -0.15) is 4.31 Å². The van der Waals surface area contributed by atoms with Crippen molar-refractivity contribution < 1.29 is 8.76 Å². The van der Waals surface area contributed by atoms with Crippen molar-refractivity contribution in [2.75, 3.05) is 6.54 Å². The highest BCUT2D eigenvalue weighted by Crippen LogP contribution is 2.31. The summed E-state index contributed by atoms with van der Waals surface area (Å²) >= 11 is -1.87. The Labute approximate surface area is 85.4 Å². The van der Waals surface area contributed by atoms with Gasteiger partial charge in [0.15, 0.2) is 0 Å². The summed E-state index contributed by atoms with van der Waals surface area (Å²) < 4.78 is 21.7. The maximum absolute atomic E-state index is 11.0. The molecule has 5 heteroatoms. The lowest BCUT2D eigenvalue weighted by atomic mass is 10.1. The van der Waals surface area contributed by atoms with Crippen molar-refractivity contribution in [3.63, 3.8) is 0 Å². The van der Waals surface area contributed by atoms with Gasteiger partial charge in [-0.25, -0.2) is 4.21 Å². The largest absolute Gasteiger partial charge is 0.294 e. The molecule has 1 aliphatic rings. The third-order valence-electron chi connectivity index (χ3n) is 2.47. The molecule has 0 amide bonds. The molecule has 1 saturated heterocycles. The molecule has 1 aromatic heterocycles. The SMILES string of the molecule is O=S(O)N1CCCC1c1cccnc1. The second kappa shape index (κ2) is 4.16. The van der Waals surface area contributed by atoms with Crippen molar-refractivity contribution in [1.29, 1.82) is 0 Å². The lowest BCUT2D eigenvalue weighted by Crippen LogP contribution is -2.25. The van der Waals surface area contributed by atoms with Gasteiger partial charge in [-0.15, -0.1) is 0 Å². The molecule has 0 aliphatic carbocycles. The molecule has 1 aromatic rings. The van der Waals surface area contributed by atoms with Gasteiger partial charge in [0.25, 0.3) is 0 Å². The molecule has 14 heavy (non-hydrogen) atoms. The number of rotatable bonds is 2. The Morgan fingerprint density at radius 1 is 1.64 bits per heavy atom. The van der Waals surface area contributed by atoms with Crippen LogP contribution in [0, 0.1) is 0 Å². The van der Waals surface area contributed by atoms with E-state index in [4.69, 9.17) is 4.55 Å². The Kier molecular flexibility index (Phi) is 2.90. The van der Waals surface area contributed by atoms with Gasteiger partial charge < -0.3 is 0 Å². The first-order valence-electron chi connectivity index (χ1n) is 4.56. The molecule has 1 aliphatic heterocycles. The first kappa shape index (κ1) is 9.76. The lowest BCUT2D eigenvalue weighted by Gasteiger charge is -2.19. The second-order valence-electron chi connectivity index (χ2n) is 3.32. The lowest BCUT2D eigenvalue weighted by molar-refractivity contribution is 0.383. The maximum atomic E-state index is 11.0. The molecule has 0 bridgehead atoms. The number of hydrogen-bond donors (Lipinski definition) is 1. The van der Waals surface area contributed by atoms with Crippen LogP contribution in [0.25, 0.3) is 0 Å². The van der Waals surface area contributed by atoms with Crippen molar-refractivity contribution in [2.24, 2.45) is 0 Å². The molecule has 0 spiro atoms. The molecular weight excluding hydrogens is 200 g/mol. The van der Waals surface area contributed by atoms with E-state index in [2.05, 4.69) is 4.98 Å². The molecule has 2 heterocycles. The first-order chi connectivity index (χ1) is 6.79. The Bertz CT molecular complexity index is 331. The minimum Gasteiger partial charge on any atom is -0.294 e. The summed E-state index contributed by atoms with van der Waals surface area (Å²) in [6.07, 6.45) is 5.36. The normalized spacial score (nSPS) is 25.1. The predicted octanol–water partition coefficient (Wildman–Crippen LogP) is 1.36. The van der Waals surface area contributed by atoms with Crippen molar-refractivity contribution in [3.8, 4) is 0 Å². The number of aromatic nitrogens is 1. The van der Waals surface area contributed by atoms with Crippen molar-refractivity contribution in [2.45, 2.75) is 18.9 Å². The predicted molar refractivity (Wildman–Crippen MR) is 53.7 cm³/mol. The summed E-state index contributed by atoms with van der Waals surface area (Å²) in [4.78, 5) is 4.02. The smallest absolute Gasteiger partial charge is 0.235 e. The standard InChI is InChI=1S/C9H12N2O2S/c12-14(13)11-6-2-4-9(11)8-3-1-5-10-7-8/h1,3,5,7,9H,2,4,6H2,(H,12,13). The first-order valence-corrected chi connectivity index (χ1v) is 5.63. The molecule has 0 aromatic carbocycles. The fourth-order valence-electron chi connectivity index (χ4n) is 1.83. The van der Waals surface area contributed by atoms with Gasteiger partial charge in [-0.05, 0) is 24.5 Å². The summed E-state index contributed by atoms with van der Waals surface area (Å²) in [5.41, 5.74) is 1.02. The van der Waals surface area contributed by atoms with Crippen LogP contribution in [-0.4, -0.2) is 24.6 Å². The van der Waals surface area contributed by atoms with Crippen LogP contribution in [0.2, 0.25) is 0 Å². The van der Waals surface area contributed by atoms with Crippen LogP contribution in [0.1, 0.15) is 24.4 Å². The Morgan fingerprint density at radius 2 is 2.50 bits per heavy atom. The second-order valence-corrected chi connectivity index (χ2v) is 4.25. The summed E-state index contributed by atoms with van der Waals surface area (Å²) in [6, 6.07) is 3.85. The van der Waals surface area contributed by atoms with Crippen LogP contribution in [0.3, 0.4) is 0 Å².